The fourth-order valence-corrected chi connectivity index (χ4v) is 2.73. The first-order valence-corrected chi connectivity index (χ1v) is 9.43. The number of benzene rings is 2. The Morgan fingerprint density at radius 2 is 1.79 bits per heavy atom. The summed E-state index contributed by atoms with van der Waals surface area (Å²) in [4.78, 5) is 11.6. The zero-order valence-electron chi connectivity index (χ0n) is 16.7. The molecule has 0 radical (unpaired) electrons. The van der Waals surface area contributed by atoms with Crippen molar-refractivity contribution < 1.29 is 24.1 Å². The Morgan fingerprint density at radius 3 is 2.43 bits per heavy atom. The van der Waals surface area contributed by atoms with E-state index in [1.807, 2.05) is 25.1 Å². The SMILES string of the molecule is CCC(=O)c1ccc(OCC(O)CNCCc2ccc(OC)c(OC)c2)cc1. The lowest BCUT2D eigenvalue weighted by molar-refractivity contribution is 0.0986. The molecular weight excluding hydrogens is 358 g/mol. The van der Waals surface area contributed by atoms with Crippen LogP contribution in [0.25, 0.3) is 0 Å². The van der Waals surface area contributed by atoms with Gasteiger partial charge in [0.1, 0.15) is 18.5 Å². The van der Waals surface area contributed by atoms with Crippen molar-refractivity contribution in [2.45, 2.75) is 25.9 Å². The van der Waals surface area contributed by atoms with E-state index in [1.54, 1.807) is 38.5 Å². The van der Waals surface area contributed by atoms with Gasteiger partial charge in [-0.1, -0.05) is 13.0 Å². The number of Topliss-reactive ketones (excluding diaryl/α,β-unsaturated/α-hetero) is 1. The fraction of sp³-hybridized carbons (Fsp3) is 0.409. The summed E-state index contributed by atoms with van der Waals surface area (Å²) in [6.45, 7) is 3.17. The van der Waals surface area contributed by atoms with E-state index in [4.69, 9.17) is 14.2 Å². The number of hydrogen-bond acceptors (Lipinski definition) is 6. The van der Waals surface area contributed by atoms with Gasteiger partial charge in [0.05, 0.1) is 14.2 Å². The summed E-state index contributed by atoms with van der Waals surface area (Å²) in [5.74, 6) is 2.15. The highest BCUT2D eigenvalue weighted by Gasteiger charge is 2.08. The lowest BCUT2D eigenvalue weighted by atomic mass is 10.1. The predicted octanol–water partition coefficient (Wildman–Crippen LogP) is 2.87. The minimum Gasteiger partial charge on any atom is -0.493 e. The van der Waals surface area contributed by atoms with E-state index in [0.717, 1.165) is 18.5 Å². The quantitative estimate of drug-likeness (QED) is 0.431. The fourth-order valence-electron chi connectivity index (χ4n) is 2.73. The van der Waals surface area contributed by atoms with Crippen molar-refractivity contribution >= 4 is 5.78 Å². The molecule has 1 atom stereocenters. The molecule has 0 spiro atoms. The summed E-state index contributed by atoms with van der Waals surface area (Å²) in [6, 6.07) is 12.8. The second kappa shape index (κ2) is 11.3. The highest BCUT2D eigenvalue weighted by Crippen LogP contribution is 2.27. The summed E-state index contributed by atoms with van der Waals surface area (Å²) in [5.41, 5.74) is 1.80. The molecule has 0 fully saturated rings. The van der Waals surface area contributed by atoms with Crippen LogP contribution in [0.2, 0.25) is 0 Å². The van der Waals surface area contributed by atoms with E-state index in [2.05, 4.69) is 5.32 Å². The van der Waals surface area contributed by atoms with Crippen LogP contribution in [-0.2, 0) is 6.42 Å². The average molecular weight is 387 g/mol. The Hall–Kier alpha value is -2.57. The minimum atomic E-state index is -0.623. The summed E-state index contributed by atoms with van der Waals surface area (Å²) < 4.78 is 16.1. The number of aliphatic hydroxyl groups excluding tert-OH is 1. The van der Waals surface area contributed by atoms with Gasteiger partial charge in [-0.3, -0.25) is 4.79 Å². The molecular formula is C22H29NO5. The van der Waals surface area contributed by atoms with Crippen LogP contribution in [0.4, 0.5) is 0 Å². The zero-order valence-corrected chi connectivity index (χ0v) is 16.7. The Labute approximate surface area is 166 Å². The van der Waals surface area contributed by atoms with E-state index in [1.165, 1.54) is 0 Å². The number of ether oxygens (including phenoxy) is 3. The van der Waals surface area contributed by atoms with Crippen molar-refractivity contribution in [3.63, 3.8) is 0 Å². The molecule has 2 rings (SSSR count). The van der Waals surface area contributed by atoms with Crippen LogP contribution in [0.15, 0.2) is 42.5 Å². The highest BCUT2D eigenvalue weighted by molar-refractivity contribution is 5.95. The molecule has 2 aromatic carbocycles. The van der Waals surface area contributed by atoms with Crippen molar-refractivity contribution in [1.29, 1.82) is 0 Å². The van der Waals surface area contributed by atoms with Gasteiger partial charge in [-0.2, -0.15) is 0 Å². The largest absolute Gasteiger partial charge is 0.493 e. The van der Waals surface area contributed by atoms with Crippen LogP contribution in [0.5, 0.6) is 17.2 Å². The van der Waals surface area contributed by atoms with Gasteiger partial charge in [0.2, 0.25) is 0 Å². The van der Waals surface area contributed by atoms with Crippen molar-refractivity contribution in [1.82, 2.24) is 5.32 Å². The molecule has 2 aromatic rings. The standard InChI is InChI=1S/C22H29NO5/c1-4-20(25)17-6-8-19(9-7-17)28-15-18(24)14-23-12-11-16-5-10-21(26-2)22(13-16)27-3/h5-10,13,18,23-24H,4,11-12,14-15H2,1-3H3. The molecule has 0 saturated heterocycles. The topological polar surface area (TPSA) is 77.0 Å². The Balaban J connectivity index is 1.68. The van der Waals surface area contributed by atoms with E-state index in [0.29, 0.717) is 35.8 Å². The summed E-state index contributed by atoms with van der Waals surface area (Å²) >= 11 is 0. The van der Waals surface area contributed by atoms with Crippen LogP contribution in [0, 0.1) is 0 Å². The highest BCUT2D eigenvalue weighted by atomic mass is 16.5. The Bertz CT molecular complexity index is 745. The molecule has 6 nitrogen and oxygen atoms in total. The maximum absolute atomic E-state index is 11.6. The first kappa shape index (κ1) is 21.7. The van der Waals surface area contributed by atoms with E-state index in [-0.39, 0.29) is 12.4 Å². The Kier molecular flexibility index (Phi) is 8.78. The normalized spacial score (nSPS) is 11.7. The van der Waals surface area contributed by atoms with Crippen molar-refractivity contribution in [2.75, 3.05) is 33.9 Å². The van der Waals surface area contributed by atoms with Crippen molar-refractivity contribution in [3.05, 3.63) is 53.6 Å². The maximum atomic E-state index is 11.6. The Morgan fingerprint density at radius 1 is 1.07 bits per heavy atom. The average Bonchev–Trinajstić information content (AvgIpc) is 2.74. The number of nitrogens with one attached hydrogen (secondary N) is 1. The lowest BCUT2D eigenvalue weighted by Crippen LogP contribution is -2.32. The molecule has 152 valence electrons. The molecule has 0 bridgehead atoms. The molecule has 0 aliphatic heterocycles. The molecule has 0 aliphatic rings. The molecule has 6 heteroatoms. The smallest absolute Gasteiger partial charge is 0.162 e. The monoisotopic (exact) mass is 387 g/mol. The molecule has 0 heterocycles. The van der Waals surface area contributed by atoms with Crippen LogP contribution >= 0.6 is 0 Å². The molecule has 0 amide bonds. The van der Waals surface area contributed by atoms with E-state index < -0.39 is 6.10 Å². The first-order chi connectivity index (χ1) is 13.6. The van der Waals surface area contributed by atoms with E-state index in [9.17, 15) is 9.90 Å². The summed E-state index contributed by atoms with van der Waals surface area (Å²) in [7, 11) is 3.23. The number of aliphatic hydroxyl groups is 1. The first-order valence-electron chi connectivity index (χ1n) is 9.43. The maximum Gasteiger partial charge on any atom is 0.162 e. The van der Waals surface area contributed by atoms with Gasteiger partial charge in [-0.05, 0) is 54.9 Å². The van der Waals surface area contributed by atoms with Crippen LogP contribution in [-0.4, -0.2) is 50.9 Å². The third-order valence-electron chi connectivity index (χ3n) is 4.36. The zero-order chi connectivity index (χ0) is 20.4. The lowest BCUT2D eigenvalue weighted by Gasteiger charge is -2.14. The van der Waals surface area contributed by atoms with Gasteiger partial charge in [0, 0.05) is 18.5 Å². The van der Waals surface area contributed by atoms with Crippen molar-refractivity contribution in [3.8, 4) is 17.2 Å². The second-order valence-corrected chi connectivity index (χ2v) is 6.41. The number of rotatable bonds is 12. The molecule has 0 aromatic heterocycles. The van der Waals surface area contributed by atoms with Gasteiger partial charge in [0.25, 0.3) is 0 Å². The number of ketones is 1. The minimum absolute atomic E-state index is 0.102. The number of carbonyl (C=O) groups excluding carboxylic acids is 1. The van der Waals surface area contributed by atoms with Crippen LogP contribution in [0.1, 0.15) is 29.3 Å². The van der Waals surface area contributed by atoms with Gasteiger partial charge < -0.3 is 24.6 Å². The molecule has 0 saturated carbocycles. The van der Waals surface area contributed by atoms with Gasteiger partial charge in [-0.25, -0.2) is 0 Å². The third kappa shape index (κ3) is 6.55. The second-order valence-electron chi connectivity index (χ2n) is 6.41. The van der Waals surface area contributed by atoms with Gasteiger partial charge >= 0.3 is 0 Å². The van der Waals surface area contributed by atoms with Crippen LogP contribution in [0.3, 0.4) is 0 Å². The summed E-state index contributed by atoms with van der Waals surface area (Å²) in [6.07, 6.45) is 0.664. The molecule has 0 aliphatic carbocycles. The predicted molar refractivity (Wildman–Crippen MR) is 109 cm³/mol. The molecule has 28 heavy (non-hydrogen) atoms. The van der Waals surface area contributed by atoms with Gasteiger partial charge in [-0.15, -0.1) is 0 Å². The van der Waals surface area contributed by atoms with E-state index >= 15 is 0 Å². The molecule has 2 N–H and O–H groups in total. The number of hydrogen-bond donors (Lipinski definition) is 2. The van der Waals surface area contributed by atoms with Gasteiger partial charge in [0.15, 0.2) is 17.3 Å². The van der Waals surface area contributed by atoms with Crippen molar-refractivity contribution in [2.24, 2.45) is 0 Å². The summed E-state index contributed by atoms with van der Waals surface area (Å²) in [5, 5.41) is 13.3. The van der Waals surface area contributed by atoms with Crippen LogP contribution < -0.4 is 19.5 Å². The number of carbonyl (C=O) groups is 1. The number of methoxy groups -OCH3 is 2. The molecule has 1 unspecified atom stereocenters. The third-order valence-corrected chi connectivity index (χ3v) is 4.36.